The molecule has 2 aromatic rings. The van der Waals surface area contributed by atoms with Crippen LogP contribution < -0.4 is 0 Å². The average Bonchev–Trinajstić information content (AvgIpc) is 2.32. The largest absolute Gasteiger partial charge is 0.298 e. The van der Waals surface area contributed by atoms with Crippen molar-refractivity contribution in [2.75, 3.05) is 0 Å². The Hall–Kier alpha value is -1.25. The average molecular weight is 263 g/mol. The van der Waals surface area contributed by atoms with Crippen LogP contribution in [0.3, 0.4) is 0 Å². The first-order chi connectivity index (χ1) is 8.19. The maximum atomic E-state index is 10.9. The summed E-state index contributed by atoms with van der Waals surface area (Å²) in [6, 6.07) is 13.5. The highest BCUT2D eigenvalue weighted by Crippen LogP contribution is 2.31. The van der Waals surface area contributed by atoms with E-state index in [1.165, 1.54) is 5.56 Å². The van der Waals surface area contributed by atoms with Gasteiger partial charge in [-0.1, -0.05) is 41.1 Å². The summed E-state index contributed by atoms with van der Waals surface area (Å²) in [4.78, 5) is 12.9. The lowest BCUT2D eigenvalue weighted by atomic mass is 10.2. The normalized spacial score (nSPS) is 10.2. The first-order valence-corrected chi connectivity index (χ1v) is 6.38. The summed E-state index contributed by atoms with van der Waals surface area (Å²) in [5.74, 6) is 0. The van der Waals surface area contributed by atoms with Crippen molar-refractivity contribution in [1.82, 2.24) is 0 Å². The summed E-state index contributed by atoms with van der Waals surface area (Å²) >= 11 is 7.48. The van der Waals surface area contributed by atoms with Crippen molar-refractivity contribution in [2.45, 2.75) is 16.7 Å². The Morgan fingerprint density at radius 1 is 1.12 bits per heavy atom. The molecule has 1 nitrogen and oxygen atoms in total. The summed E-state index contributed by atoms with van der Waals surface area (Å²) in [5, 5.41) is 0.644. The van der Waals surface area contributed by atoms with Gasteiger partial charge in [-0.3, -0.25) is 4.79 Å². The lowest BCUT2D eigenvalue weighted by molar-refractivity contribution is 0.112. The monoisotopic (exact) mass is 262 g/mol. The predicted octanol–water partition coefficient (Wildman–Crippen LogP) is 4.61. The Morgan fingerprint density at radius 2 is 1.82 bits per heavy atom. The molecule has 0 spiro atoms. The third-order valence-electron chi connectivity index (χ3n) is 2.35. The van der Waals surface area contributed by atoms with E-state index in [0.29, 0.717) is 10.6 Å². The number of hydrogen-bond donors (Lipinski definition) is 0. The molecule has 2 aromatic carbocycles. The van der Waals surface area contributed by atoms with Crippen LogP contribution in [0, 0.1) is 6.92 Å². The van der Waals surface area contributed by atoms with Crippen molar-refractivity contribution < 1.29 is 4.79 Å². The molecule has 0 heterocycles. The second-order valence-electron chi connectivity index (χ2n) is 3.72. The van der Waals surface area contributed by atoms with E-state index >= 15 is 0 Å². The van der Waals surface area contributed by atoms with Crippen LogP contribution in [0.4, 0.5) is 0 Å². The van der Waals surface area contributed by atoms with Crippen LogP contribution in [0.1, 0.15) is 15.9 Å². The van der Waals surface area contributed by atoms with Crippen LogP contribution in [0.5, 0.6) is 0 Å². The second-order valence-corrected chi connectivity index (χ2v) is 5.27. The minimum absolute atomic E-state index is 0.644. The van der Waals surface area contributed by atoms with E-state index in [1.54, 1.807) is 23.9 Å². The Bertz CT molecular complexity index is 534. The minimum Gasteiger partial charge on any atom is -0.298 e. The molecule has 0 aliphatic carbocycles. The summed E-state index contributed by atoms with van der Waals surface area (Å²) < 4.78 is 0. The molecule has 0 atom stereocenters. The lowest BCUT2D eigenvalue weighted by Crippen LogP contribution is -1.85. The zero-order valence-electron chi connectivity index (χ0n) is 9.31. The zero-order chi connectivity index (χ0) is 12.3. The highest BCUT2D eigenvalue weighted by Gasteiger charge is 2.04. The number of carbonyl (C=O) groups is 1. The molecule has 0 fully saturated rings. The molecule has 2 rings (SSSR count). The number of benzene rings is 2. The number of carbonyl (C=O) groups excluding carboxylic acids is 1. The van der Waals surface area contributed by atoms with E-state index in [2.05, 4.69) is 0 Å². The second kappa shape index (κ2) is 5.39. The molecular weight excluding hydrogens is 252 g/mol. The Balaban J connectivity index is 2.31. The molecule has 17 heavy (non-hydrogen) atoms. The Labute approximate surface area is 110 Å². The molecular formula is C14H11ClOS. The van der Waals surface area contributed by atoms with Gasteiger partial charge in [0, 0.05) is 20.4 Å². The molecule has 0 N–H and O–H groups in total. The molecule has 86 valence electrons. The molecule has 0 bridgehead atoms. The van der Waals surface area contributed by atoms with Crippen molar-refractivity contribution in [3.63, 3.8) is 0 Å². The van der Waals surface area contributed by atoms with Gasteiger partial charge in [0.05, 0.1) is 0 Å². The Morgan fingerprint density at radius 3 is 2.47 bits per heavy atom. The van der Waals surface area contributed by atoms with E-state index in [1.807, 2.05) is 37.3 Å². The van der Waals surface area contributed by atoms with Crippen LogP contribution in [-0.4, -0.2) is 6.29 Å². The third-order valence-corrected chi connectivity index (χ3v) is 3.67. The molecule has 0 saturated heterocycles. The number of aldehydes is 1. The van der Waals surface area contributed by atoms with Gasteiger partial charge in [0.15, 0.2) is 6.29 Å². The number of rotatable bonds is 3. The Kier molecular flexibility index (Phi) is 3.87. The summed E-state index contributed by atoms with van der Waals surface area (Å²) in [7, 11) is 0. The molecule has 0 amide bonds. The van der Waals surface area contributed by atoms with E-state index < -0.39 is 0 Å². The zero-order valence-corrected chi connectivity index (χ0v) is 10.9. The standard InChI is InChI=1S/C14H11ClOS/c1-10-2-6-13(7-3-10)17-14-8-12(15)5-4-11(14)9-16/h2-9H,1H3. The smallest absolute Gasteiger partial charge is 0.151 e. The van der Waals surface area contributed by atoms with Crippen LogP contribution in [0.25, 0.3) is 0 Å². The summed E-state index contributed by atoms with van der Waals surface area (Å²) in [5.41, 5.74) is 1.89. The van der Waals surface area contributed by atoms with Gasteiger partial charge >= 0.3 is 0 Å². The first-order valence-electron chi connectivity index (χ1n) is 5.18. The fraction of sp³-hybridized carbons (Fsp3) is 0.0714. The van der Waals surface area contributed by atoms with Crippen molar-refractivity contribution in [1.29, 1.82) is 0 Å². The summed E-state index contributed by atoms with van der Waals surface area (Å²) in [6.45, 7) is 2.05. The van der Waals surface area contributed by atoms with Gasteiger partial charge in [-0.25, -0.2) is 0 Å². The molecule has 0 unspecified atom stereocenters. The van der Waals surface area contributed by atoms with Crippen LogP contribution >= 0.6 is 23.4 Å². The van der Waals surface area contributed by atoms with E-state index in [9.17, 15) is 4.79 Å². The van der Waals surface area contributed by atoms with Gasteiger partial charge in [0.1, 0.15) is 0 Å². The van der Waals surface area contributed by atoms with Gasteiger partial charge in [-0.2, -0.15) is 0 Å². The molecule has 0 aliphatic rings. The number of hydrogen-bond acceptors (Lipinski definition) is 2. The minimum atomic E-state index is 0.644. The maximum absolute atomic E-state index is 10.9. The quantitative estimate of drug-likeness (QED) is 0.752. The topological polar surface area (TPSA) is 17.1 Å². The summed E-state index contributed by atoms with van der Waals surface area (Å²) in [6.07, 6.45) is 0.854. The SMILES string of the molecule is Cc1ccc(Sc2cc(Cl)ccc2C=O)cc1. The highest BCUT2D eigenvalue weighted by atomic mass is 35.5. The predicted molar refractivity (Wildman–Crippen MR) is 72.1 cm³/mol. The highest BCUT2D eigenvalue weighted by molar-refractivity contribution is 7.99. The van der Waals surface area contributed by atoms with Gasteiger partial charge in [0.2, 0.25) is 0 Å². The van der Waals surface area contributed by atoms with Crippen molar-refractivity contribution in [3.05, 3.63) is 58.6 Å². The van der Waals surface area contributed by atoms with Crippen LogP contribution in [-0.2, 0) is 0 Å². The van der Waals surface area contributed by atoms with E-state index in [-0.39, 0.29) is 0 Å². The van der Waals surface area contributed by atoms with Gasteiger partial charge < -0.3 is 0 Å². The fourth-order valence-electron chi connectivity index (χ4n) is 1.43. The molecule has 3 heteroatoms. The van der Waals surface area contributed by atoms with Crippen LogP contribution in [0.2, 0.25) is 5.02 Å². The van der Waals surface area contributed by atoms with Crippen molar-refractivity contribution in [2.24, 2.45) is 0 Å². The first kappa shape index (κ1) is 12.2. The van der Waals surface area contributed by atoms with E-state index in [4.69, 9.17) is 11.6 Å². The molecule has 0 aromatic heterocycles. The lowest BCUT2D eigenvalue weighted by Gasteiger charge is -2.05. The van der Waals surface area contributed by atoms with Gasteiger partial charge in [-0.15, -0.1) is 0 Å². The van der Waals surface area contributed by atoms with Crippen molar-refractivity contribution >= 4 is 29.6 Å². The van der Waals surface area contributed by atoms with E-state index in [0.717, 1.165) is 16.1 Å². The fourth-order valence-corrected chi connectivity index (χ4v) is 2.61. The maximum Gasteiger partial charge on any atom is 0.151 e. The van der Waals surface area contributed by atoms with Crippen LogP contribution in [0.15, 0.2) is 52.3 Å². The molecule has 0 radical (unpaired) electrons. The van der Waals surface area contributed by atoms with Gasteiger partial charge in [0.25, 0.3) is 0 Å². The molecule has 0 aliphatic heterocycles. The van der Waals surface area contributed by atoms with Gasteiger partial charge in [-0.05, 0) is 37.3 Å². The molecule has 0 saturated carbocycles. The number of halogens is 1. The van der Waals surface area contributed by atoms with Crippen molar-refractivity contribution in [3.8, 4) is 0 Å². The third kappa shape index (κ3) is 3.11. The number of aryl methyl sites for hydroxylation is 1.